The Balaban J connectivity index is 0.000000356. The molecule has 0 aliphatic heterocycles. The topological polar surface area (TPSA) is 0 Å². The van der Waals surface area contributed by atoms with Gasteiger partial charge in [0.05, 0.1) is 0 Å². The van der Waals surface area contributed by atoms with Crippen LogP contribution in [-0.4, -0.2) is 0 Å². The van der Waals surface area contributed by atoms with E-state index in [0.29, 0.717) is 0 Å². The molecule has 3 rings (SSSR count). The molecule has 1 aliphatic carbocycles. The van der Waals surface area contributed by atoms with Crippen LogP contribution in [-0.2, 0) is 29.3 Å². The standard InChI is InChI=1S/C12H10.C2H4.Ni/c1-3-9-4-2-6-11-8-7-10(5-1)12(9)11;1-2;/h1-6H,7-8H2;1-2H2;. The molecule has 0 unspecified atom stereocenters. The van der Waals surface area contributed by atoms with Crippen LogP contribution in [0.25, 0.3) is 10.8 Å². The van der Waals surface area contributed by atoms with Crippen molar-refractivity contribution >= 4 is 10.8 Å². The molecule has 0 bridgehead atoms. The summed E-state index contributed by atoms with van der Waals surface area (Å²) in [5.41, 5.74) is 3.06. The molecule has 0 N–H and O–H groups in total. The molecule has 2 aromatic rings. The van der Waals surface area contributed by atoms with E-state index in [9.17, 15) is 0 Å². The molecule has 1 heteroatoms. The van der Waals surface area contributed by atoms with Gasteiger partial charge in [-0.1, -0.05) is 36.4 Å². The number of hydrogen-bond acceptors (Lipinski definition) is 0. The molecule has 2 aromatic carbocycles. The number of benzene rings is 2. The van der Waals surface area contributed by atoms with E-state index < -0.39 is 0 Å². The van der Waals surface area contributed by atoms with Crippen LogP contribution in [0.1, 0.15) is 11.1 Å². The summed E-state index contributed by atoms with van der Waals surface area (Å²) in [6.45, 7) is 6.00. The normalized spacial score (nSPS) is 11.5. The van der Waals surface area contributed by atoms with Crippen LogP contribution in [0, 0.1) is 0 Å². The van der Waals surface area contributed by atoms with Gasteiger partial charge in [0.2, 0.25) is 0 Å². The molecule has 0 nitrogen and oxygen atoms in total. The Morgan fingerprint density at radius 1 is 0.800 bits per heavy atom. The van der Waals surface area contributed by atoms with Gasteiger partial charge in [0.25, 0.3) is 0 Å². The maximum absolute atomic E-state index is 3.00. The van der Waals surface area contributed by atoms with Gasteiger partial charge >= 0.3 is 0 Å². The van der Waals surface area contributed by atoms with Crippen molar-refractivity contribution in [3.63, 3.8) is 0 Å². The first-order chi connectivity index (χ1) is 6.95. The molecule has 80 valence electrons. The fraction of sp³-hybridized carbons (Fsp3) is 0.143. The van der Waals surface area contributed by atoms with Gasteiger partial charge in [-0.05, 0) is 34.7 Å². The van der Waals surface area contributed by atoms with Crippen LogP contribution < -0.4 is 0 Å². The van der Waals surface area contributed by atoms with Crippen LogP contribution in [0.15, 0.2) is 49.6 Å². The third kappa shape index (κ3) is 1.98. The SMILES string of the molecule is C=C.[Ni].c1cc2c3c(cccc3c1)CC2. The molecule has 0 saturated heterocycles. The Hall–Kier alpha value is -1.07. The molecule has 0 saturated carbocycles. The van der Waals surface area contributed by atoms with Gasteiger partial charge in [0, 0.05) is 16.5 Å². The van der Waals surface area contributed by atoms with Crippen LogP contribution >= 0.6 is 0 Å². The van der Waals surface area contributed by atoms with Gasteiger partial charge < -0.3 is 0 Å². The largest absolute Gasteiger partial charge is 0.106 e. The summed E-state index contributed by atoms with van der Waals surface area (Å²) in [5, 5.41) is 2.92. The molecule has 15 heavy (non-hydrogen) atoms. The molecule has 0 amide bonds. The summed E-state index contributed by atoms with van der Waals surface area (Å²) in [6.07, 6.45) is 2.47. The summed E-state index contributed by atoms with van der Waals surface area (Å²) in [5.74, 6) is 0. The molecular weight excluding hydrogens is 227 g/mol. The van der Waals surface area contributed by atoms with Gasteiger partial charge in [-0.15, -0.1) is 13.2 Å². The molecule has 0 fully saturated rings. The average Bonchev–Trinajstić information content (AvgIpc) is 2.68. The Bertz CT molecular complexity index is 421. The van der Waals surface area contributed by atoms with Gasteiger partial charge in [-0.2, -0.15) is 0 Å². The predicted molar refractivity (Wildman–Crippen MR) is 62.6 cm³/mol. The average molecular weight is 241 g/mol. The number of aryl methyl sites for hydroxylation is 2. The van der Waals surface area contributed by atoms with Crippen LogP contribution in [0.3, 0.4) is 0 Å². The fourth-order valence-corrected chi connectivity index (χ4v) is 2.19. The van der Waals surface area contributed by atoms with Crippen LogP contribution in [0.5, 0.6) is 0 Å². The molecule has 1 aliphatic rings. The fourth-order valence-electron chi connectivity index (χ4n) is 2.19. The number of rotatable bonds is 0. The third-order valence-corrected chi connectivity index (χ3v) is 2.74. The second kappa shape index (κ2) is 5.14. The van der Waals surface area contributed by atoms with Crippen molar-refractivity contribution in [2.75, 3.05) is 0 Å². The van der Waals surface area contributed by atoms with Gasteiger partial charge in [-0.3, -0.25) is 0 Å². The summed E-state index contributed by atoms with van der Waals surface area (Å²) in [7, 11) is 0. The minimum Gasteiger partial charge on any atom is -0.106 e. The van der Waals surface area contributed by atoms with Crippen LogP contribution in [0.4, 0.5) is 0 Å². The van der Waals surface area contributed by atoms with Crippen molar-refractivity contribution in [3.8, 4) is 0 Å². The van der Waals surface area contributed by atoms with E-state index in [1.807, 2.05) is 0 Å². The van der Waals surface area contributed by atoms with E-state index >= 15 is 0 Å². The van der Waals surface area contributed by atoms with E-state index in [-0.39, 0.29) is 16.5 Å². The second-order valence-corrected chi connectivity index (χ2v) is 3.43. The van der Waals surface area contributed by atoms with Crippen molar-refractivity contribution in [1.82, 2.24) is 0 Å². The quantitative estimate of drug-likeness (QED) is 0.486. The number of hydrogen-bond donors (Lipinski definition) is 0. The summed E-state index contributed by atoms with van der Waals surface area (Å²) in [4.78, 5) is 0. The Morgan fingerprint density at radius 2 is 1.27 bits per heavy atom. The minimum absolute atomic E-state index is 0. The van der Waals surface area contributed by atoms with Crippen molar-refractivity contribution in [2.45, 2.75) is 12.8 Å². The van der Waals surface area contributed by atoms with Gasteiger partial charge in [0.15, 0.2) is 0 Å². The van der Waals surface area contributed by atoms with E-state index in [2.05, 4.69) is 49.6 Å². The smallest absolute Gasteiger partial charge is 0 e. The first kappa shape index (κ1) is 12.0. The maximum atomic E-state index is 3.00. The minimum atomic E-state index is 0. The van der Waals surface area contributed by atoms with Crippen molar-refractivity contribution in [1.29, 1.82) is 0 Å². The molecular formula is C14H14Ni. The van der Waals surface area contributed by atoms with Crippen molar-refractivity contribution in [3.05, 3.63) is 60.7 Å². The van der Waals surface area contributed by atoms with Crippen molar-refractivity contribution < 1.29 is 16.5 Å². The van der Waals surface area contributed by atoms with E-state index in [0.717, 1.165) is 0 Å². The Labute approximate surface area is 101 Å². The molecule has 0 spiro atoms. The molecule has 0 radical (unpaired) electrons. The van der Waals surface area contributed by atoms with E-state index in [1.54, 1.807) is 0 Å². The monoisotopic (exact) mass is 240 g/mol. The molecule has 0 heterocycles. The molecule has 0 atom stereocenters. The predicted octanol–water partition coefficient (Wildman–Crippen LogP) is 3.74. The Kier molecular flexibility index (Phi) is 4.11. The van der Waals surface area contributed by atoms with Gasteiger partial charge in [0.1, 0.15) is 0 Å². The zero-order chi connectivity index (χ0) is 9.97. The zero-order valence-corrected chi connectivity index (χ0v) is 9.60. The first-order valence-electron chi connectivity index (χ1n) is 4.95. The van der Waals surface area contributed by atoms with Crippen molar-refractivity contribution in [2.24, 2.45) is 0 Å². The van der Waals surface area contributed by atoms with Gasteiger partial charge in [-0.25, -0.2) is 0 Å². The summed E-state index contributed by atoms with van der Waals surface area (Å²) >= 11 is 0. The van der Waals surface area contributed by atoms with E-state index in [1.165, 1.54) is 34.7 Å². The van der Waals surface area contributed by atoms with Crippen LogP contribution in [0.2, 0.25) is 0 Å². The Morgan fingerprint density at radius 3 is 1.73 bits per heavy atom. The third-order valence-electron chi connectivity index (χ3n) is 2.74. The zero-order valence-electron chi connectivity index (χ0n) is 8.61. The van der Waals surface area contributed by atoms with E-state index in [4.69, 9.17) is 0 Å². The first-order valence-corrected chi connectivity index (χ1v) is 4.95. The molecule has 0 aromatic heterocycles. The summed E-state index contributed by atoms with van der Waals surface area (Å²) < 4.78 is 0. The maximum Gasteiger partial charge on any atom is 0 e. The second-order valence-electron chi connectivity index (χ2n) is 3.43. The summed E-state index contributed by atoms with van der Waals surface area (Å²) in [6, 6.07) is 13.2.